The van der Waals surface area contributed by atoms with Gasteiger partial charge >= 0.3 is 6.09 Å². The first-order valence-electron chi connectivity index (χ1n) is 7.11. The molecule has 0 atom stereocenters. The first-order chi connectivity index (χ1) is 9.44. The van der Waals surface area contributed by atoms with E-state index in [0.717, 1.165) is 32.6 Å². The van der Waals surface area contributed by atoms with Crippen molar-refractivity contribution in [3.63, 3.8) is 0 Å². The van der Waals surface area contributed by atoms with Crippen LogP contribution in [-0.2, 0) is 11.3 Å². The zero-order valence-electron chi connectivity index (χ0n) is 12.5. The molecule has 1 aromatic rings. The molecule has 1 aliphatic rings. The zero-order chi connectivity index (χ0) is 14.6. The van der Waals surface area contributed by atoms with Crippen LogP contribution in [0.3, 0.4) is 0 Å². The minimum atomic E-state index is -0.416. The van der Waals surface area contributed by atoms with Gasteiger partial charge in [0, 0.05) is 38.1 Å². The third-order valence-corrected chi connectivity index (χ3v) is 3.12. The standard InChI is InChI=1S/C14H24N4O2/c1-14(2,3)20-13(19)18-9-12(10-18)16-5-4-7-17-8-6-15-11-17/h6,8,11-12,16H,4-5,7,9-10H2,1-3H3. The molecule has 6 heteroatoms. The van der Waals surface area contributed by atoms with Gasteiger partial charge in [-0.25, -0.2) is 9.78 Å². The largest absolute Gasteiger partial charge is 0.444 e. The highest BCUT2D eigenvalue weighted by molar-refractivity contribution is 5.69. The fourth-order valence-corrected chi connectivity index (χ4v) is 2.07. The summed E-state index contributed by atoms with van der Waals surface area (Å²) in [6, 6.07) is 0.394. The number of imidazole rings is 1. The number of ether oxygens (including phenoxy) is 1. The predicted molar refractivity (Wildman–Crippen MR) is 76.4 cm³/mol. The molecule has 0 aliphatic carbocycles. The minimum absolute atomic E-state index is 0.214. The van der Waals surface area contributed by atoms with Crippen LogP contribution in [0.2, 0.25) is 0 Å². The molecular formula is C14H24N4O2. The van der Waals surface area contributed by atoms with Crippen molar-refractivity contribution in [3.05, 3.63) is 18.7 Å². The number of hydrogen-bond acceptors (Lipinski definition) is 4. The topological polar surface area (TPSA) is 59.4 Å². The maximum atomic E-state index is 11.7. The number of carbonyl (C=O) groups excluding carboxylic acids is 1. The van der Waals surface area contributed by atoms with E-state index in [1.165, 1.54) is 0 Å². The maximum Gasteiger partial charge on any atom is 0.410 e. The molecule has 1 saturated heterocycles. The van der Waals surface area contributed by atoms with Crippen LogP contribution in [0.5, 0.6) is 0 Å². The number of amides is 1. The smallest absolute Gasteiger partial charge is 0.410 e. The molecule has 1 N–H and O–H groups in total. The molecule has 20 heavy (non-hydrogen) atoms. The molecule has 0 spiro atoms. The third-order valence-electron chi connectivity index (χ3n) is 3.12. The predicted octanol–water partition coefficient (Wildman–Crippen LogP) is 1.48. The molecule has 0 unspecified atom stereocenters. The normalized spacial score (nSPS) is 16.1. The van der Waals surface area contributed by atoms with Crippen molar-refractivity contribution in [2.24, 2.45) is 0 Å². The lowest BCUT2D eigenvalue weighted by molar-refractivity contribution is 0.00534. The van der Waals surface area contributed by atoms with Crippen LogP contribution in [0.1, 0.15) is 27.2 Å². The summed E-state index contributed by atoms with van der Waals surface area (Å²) < 4.78 is 7.38. The molecule has 112 valence electrons. The highest BCUT2D eigenvalue weighted by atomic mass is 16.6. The van der Waals surface area contributed by atoms with E-state index >= 15 is 0 Å². The highest BCUT2D eigenvalue weighted by Gasteiger charge is 2.33. The van der Waals surface area contributed by atoms with Crippen molar-refractivity contribution >= 4 is 6.09 Å². The average molecular weight is 280 g/mol. The van der Waals surface area contributed by atoms with Crippen LogP contribution in [0.15, 0.2) is 18.7 Å². The van der Waals surface area contributed by atoms with Gasteiger partial charge in [-0.05, 0) is 33.7 Å². The van der Waals surface area contributed by atoms with E-state index in [-0.39, 0.29) is 6.09 Å². The number of hydrogen-bond donors (Lipinski definition) is 1. The van der Waals surface area contributed by atoms with Crippen molar-refractivity contribution in [3.8, 4) is 0 Å². The number of nitrogens with one attached hydrogen (secondary N) is 1. The van der Waals surface area contributed by atoms with E-state index in [2.05, 4.69) is 14.9 Å². The lowest BCUT2D eigenvalue weighted by Crippen LogP contribution is -2.60. The van der Waals surface area contributed by atoms with Crippen molar-refractivity contribution in [1.29, 1.82) is 0 Å². The van der Waals surface area contributed by atoms with E-state index in [9.17, 15) is 4.79 Å². The molecule has 1 fully saturated rings. The van der Waals surface area contributed by atoms with Crippen LogP contribution >= 0.6 is 0 Å². The maximum absolute atomic E-state index is 11.7. The highest BCUT2D eigenvalue weighted by Crippen LogP contribution is 2.15. The summed E-state index contributed by atoms with van der Waals surface area (Å²) in [5.41, 5.74) is -0.416. The molecule has 0 aromatic carbocycles. The van der Waals surface area contributed by atoms with E-state index in [0.29, 0.717) is 6.04 Å². The minimum Gasteiger partial charge on any atom is -0.444 e. The second-order valence-corrected chi connectivity index (χ2v) is 6.19. The van der Waals surface area contributed by atoms with E-state index in [1.54, 1.807) is 11.1 Å². The van der Waals surface area contributed by atoms with Crippen LogP contribution < -0.4 is 5.32 Å². The number of carbonyl (C=O) groups is 1. The van der Waals surface area contributed by atoms with Gasteiger partial charge in [-0.15, -0.1) is 0 Å². The molecule has 0 saturated carbocycles. The molecule has 1 aromatic heterocycles. The number of rotatable bonds is 5. The summed E-state index contributed by atoms with van der Waals surface area (Å²) >= 11 is 0. The first-order valence-corrected chi connectivity index (χ1v) is 7.11. The molecule has 2 rings (SSSR count). The fraction of sp³-hybridized carbons (Fsp3) is 0.714. The van der Waals surface area contributed by atoms with Crippen LogP contribution in [0, 0.1) is 0 Å². The molecule has 0 radical (unpaired) electrons. The van der Waals surface area contributed by atoms with Crippen molar-refractivity contribution < 1.29 is 9.53 Å². The van der Waals surface area contributed by atoms with E-state index < -0.39 is 5.60 Å². The Labute approximate surface area is 120 Å². The van der Waals surface area contributed by atoms with E-state index in [1.807, 2.05) is 33.3 Å². The summed E-state index contributed by atoms with van der Waals surface area (Å²) in [5.74, 6) is 0. The summed E-state index contributed by atoms with van der Waals surface area (Å²) in [7, 11) is 0. The third kappa shape index (κ3) is 4.52. The Morgan fingerprint density at radius 2 is 2.20 bits per heavy atom. The quantitative estimate of drug-likeness (QED) is 0.830. The Hall–Kier alpha value is -1.56. The number of likely N-dealkylation sites (tertiary alicyclic amines) is 1. The van der Waals surface area contributed by atoms with Gasteiger partial charge in [-0.3, -0.25) is 0 Å². The molecule has 1 aliphatic heterocycles. The molecule has 2 heterocycles. The average Bonchev–Trinajstić information content (AvgIpc) is 2.76. The van der Waals surface area contributed by atoms with Gasteiger partial charge in [0.2, 0.25) is 0 Å². The summed E-state index contributed by atoms with van der Waals surface area (Å²) in [6.45, 7) is 9.05. The zero-order valence-corrected chi connectivity index (χ0v) is 12.5. The SMILES string of the molecule is CC(C)(C)OC(=O)N1CC(NCCCn2ccnc2)C1. The molecule has 6 nitrogen and oxygen atoms in total. The molecule has 0 bridgehead atoms. The van der Waals surface area contributed by atoms with E-state index in [4.69, 9.17) is 4.74 Å². The van der Waals surface area contributed by atoms with Crippen molar-refractivity contribution in [1.82, 2.24) is 19.8 Å². The van der Waals surface area contributed by atoms with Gasteiger partial charge in [0.05, 0.1) is 6.33 Å². The summed E-state index contributed by atoms with van der Waals surface area (Å²) in [6.07, 6.45) is 6.42. The van der Waals surface area contributed by atoms with Gasteiger partial charge in [0.25, 0.3) is 0 Å². The Bertz CT molecular complexity index is 419. The Morgan fingerprint density at radius 3 is 2.80 bits per heavy atom. The fourth-order valence-electron chi connectivity index (χ4n) is 2.07. The first kappa shape index (κ1) is 14.8. The van der Waals surface area contributed by atoms with Gasteiger partial charge in [0.15, 0.2) is 0 Å². The summed E-state index contributed by atoms with van der Waals surface area (Å²) in [4.78, 5) is 17.5. The Kier molecular flexibility index (Phi) is 4.65. The Morgan fingerprint density at radius 1 is 1.45 bits per heavy atom. The van der Waals surface area contributed by atoms with Crippen molar-refractivity contribution in [2.45, 2.75) is 45.4 Å². The van der Waals surface area contributed by atoms with Crippen molar-refractivity contribution in [2.75, 3.05) is 19.6 Å². The van der Waals surface area contributed by atoms with Gasteiger partial charge in [0.1, 0.15) is 5.60 Å². The Balaban J connectivity index is 1.54. The monoisotopic (exact) mass is 280 g/mol. The second-order valence-electron chi connectivity index (χ2n) is 6.19. The van der Waals surface area contributed by atoms with Crippen LogP contribution in [-0.4, -0.2) is 51.8 Å². The summed E-state index contributed by atoms with van der Waals surface area (Å²) in [5, 5.41) is 3.45. The molecule has 1 amide bonds. The van der Waals surface area contributed by atoms with Gasteiger partial charge < -0.3 is 19.5 Å². The molecular weight excluding hydrogens is 256 g/mol. The second kappa shape index (κ2) is 6.26. The lowest BCUT2D eigenvalue weighted by atomic mass is 10.1. The number of aromatic nitrogens is 2. The number of aryl methyl sites for hydroxylation is 1. The van der Waals surface area contributed by atoms with Gasteiger partial charge in [-0.1, -0.05) is 0 Å². The van der Waals surface area contributed by atoms with Crippen LogP contribution in [0.4, 0.5) is 4.79 Å². The van der Waals surface area contributed by atoms with Gasteiger partial charge in [-0.2, -0.15) is 0 Å². The van der Waals surface area contributed by atoms with Crippen LogP contribution in [0.25, 0.3) is 0 Å². The number of nitrogens with zero attached hydrogens (tertiary/aromatic N) is 3. The lowest BCUT2D eigenvalue weighted by Gasteiger charge is -2.40.